The SMILES string of the molecule is [C-]#[N+]c1cc(-c2nc(-c3cccc4c3CN(CCCC(=O)OCC)C4)no2)ccc1OC(C)C. The molecule has 1 aliphatic rings. The summed E-state index contributed by atoms with van der Waals surface area (Å²) < 4.78 is 16.3. The summed E-state index contributed by atoms with van der Waals surface area (Å²) in [6, 6.07) is 11.4. The van der Waals surface area contributed by atoms with Crippen molar-refractivity contribution in [1.82, 2.24) is 15.0 Å². The Morgan fingerprint density at radius 3 is 2.88 bits per heavy atom. The van der Waals surface area contributed by atoms with Gasteiger partial charge in [-0.05, 0) is 63.1 Å². The summed E-state index contributed by atoms with van der Waals surface area (Å²) in [5.41, 5.74) is 4.42. The van der Waals surface area contributed by atoms with Gasteiger partial charge in [0.25, 0.3) is 5.89 Å². The van der Waals surface area contributed by atoms with Gasteiger partial charge in [0, 0.05) is 30.6 Å². The number of hydrogen-bond acceptors (Lipinski definition) is 7. The number of benzene rings is 2. The fourth-order valence-electron chi connectivity index (χ4n) is 4.08. The van der Waals surface area contributed by atoms with Crippen LogP contribution in [0.15, 0.2) is 40.9 Å². The van der Waals surface area contributed by atoms with Crippen LogP contribution in [0.5, 0.6) is 5.75 Å². The van der Waals surface area contributed by atoms with Gasteiger partial charge in [0.2, 0.25) is 11.5 Å². The summed E-state index contributed by atoms with van der Waals surface area (Å²) in [6.45, 7) is 16.0. The molecule has 0 saturated carbocycles. The highest BCUT2D eigenvalue weighted by atomic mass is 16.5. The third kappa shape index (κ3) is 5.26. The van der Waals surface area contributed by atoms with Crippen molar-refractivity contribution < 1.29 is 18.8 Å². The van der Waals surface area contributed by atoms with Gasteiger partial charge >= 0.3 is 5.97 Å². The molecule has 0 bridgehead atoms. The lowest BCUT2D eigenvalue weighted by Crippen LogP contribution is -2.19. The maximum Gasteiger partial charge on any atom is 0.305 e. The standard InChI is InChI=1S/C26H28N4O4/c1-5-32-24(31)10-7-13-30-15-19-8-6-9-20(21(19)16-30)25-28-26(34-29-25)18-11-12-23(33-17(2)3)22(14-18)27-4/h6,8-9,11-12,14,17H,5,7,10,13,15-16H2,1-3H3. The van der Waals surface area contributed by atoms with Crippen LogP contribution in [0.1, 0.15) is 44.7 Å². The lowest BCUT2D eigenvalue weighted by atomic mass is 10.0. The van der Waals surface area contributed by atoms with Crippen molar-refractivity contribution in [3.8, 4) is 28.6 Å². The Hall–Kier alpha value is -3.70. The van der Waals surface area contributed by atoms with Crippen LogP contribution in [0, 0.1) is 6.57 Å². The van der Waals surface area contributed by atoms with Gasteiger partial charge in [-0.2, -0.15) is 4.98 Å². The topological polar surface area (TPSA) is 82.1 Å². The molecule has 34 heavy (non-hydrogen) atoms. The van der Waals surface area contributed by atoms with Crippen molar-refractivity contribution >= 4 is 11.7 Å². The molecule has 0 saturated heterocycles. The smallest absolute Gasteiger partial charge is 0.305 e. The Bertz CT molecular complexity index is 1210. The molecule has 0 radical (unpaired) electrons. The molecule has 0 atom stereocenters. The normalized spacial score (nSPS) is 13.0. The second-order valence-corrected chi connectivity index (χ2v) is 8.45. The summed E-state index contributed by atoms with van der Waals surface area (Å²) in [6.07, 6.45) is 1.16. The van der Waals surface area contributed by atoms with E-state index in [0.29, 0.717) is 41.7 Å². The zero-order chi connectivity index (χ0) is 24.1. The number of carbonyl (C=O) groups is 1. The second kappa shape index (κ2) is 10.5. The molecule has 0 fully saturated rings. The molecule has 0 N–H and O–H groups in total. The van der Waals surface area contributed by atoms with Crippen molar-refractivity contribution in [2.75, 3.05) is 13.2 Å². The van der Waals surface area contributed by atoms with Gasteiger partial charge in [-0.25, -0.2) is 4.85 Å². The highest BCUT2D eigenvalue weighted by Crippen LogP contribution is 2.35. The number of nitrogens with zero attached hydrogens (tertiary/aromatic N) is 4. The third-order valence-electron chi connectivity index (χ3n) is 5.57. The minimum atomic E-state index is -0.149. The zero-order valence-electron chi connectivity index (χ0n) is 19.7. The van der Waals surface area contributed by atoms with E-state index in [2.05, 4.69) is 26.0 Å². The van der Waals surface area contributed by atoms with E-state index in [-0.39, 0.29) is 12.1 Å². The summed E-state index contributed by atoms with van der Waals surface area (Å²) in [5.74, 6) is 1.27. The summed E-state index contributed by atoms with van der Waals surface area (Å²) in [7, 11) is 0. The Balaban J connectivity index is 1.49. The molecule has 2 heterocycles. The third-order valence-corrected chi connectivity index (χ3v) is 5.57. The Labute approximate surface area is 199 Å². The van der Waals surface area contributed by atoms with Crippen LogP contribution in [0.2, 0.25) is 0 Å². The molecule has 1 aliphatic heterocycles. The zero-order valence-corrected chi connectivity index (χ0v) is 19.7. The second-order valence-electron chi connectivity index (χ2n) is 8.45. The van der Waals surface area contributed by atoms with E-state index in [1.807, 2.05) is 39.0 Å². The predicted molar refractivity (Wildman–Crippen MR) is 127 cm³/mol. The predicted octanol–water partition coefficient (Wildman–Crippen LogP) is 5.40. The molecule has 4 rings (SSSR count). The van der Waals surface area contributed by atoms with Gasteiger partial charge in [0.1, 0.15) is 5.75 Å². The van der Waals surface area contributed by atoms with E-state index in [0.717, 1.165) is 31.6 Å². The minimum absolute atomic E-state index is 0.0220. The number of rotatable bonds is 9. The van der Waals surface area contributed by atoms with Crippen LogP contribution >= 0.6 is 0 Å². The molecule has 0 amide bonds. The van der Waals surface area contributed by atoms with E-state index in [9.17, 15) is 4.79 Å². The first-order valence-electron chi connectivity index (χ1n) is 11.5. The fourth-order valence-corrected chi connectivity index (χ4v) is 4.08. The van der Waals surface area contributed by atoms with Crippen molar-refractivity contribution in [2.45, 2.75) is 52.8 Å². The van der Waals surface area contributed by atoms with Crippen molar-refractivity contribution in [1.29, 1.82) is 0 Å². The molecule has 8 heteroatoms. The largest absolute Gasteiger partial charge is 0.502 e. The Kier molecular flexibility index (Phi) is 7.24. The number of hydrogen-bond donors (Lipinski definition) is 0. The number of carbonyl (C=O) groups excluding carboxylic acids is 1. The lowest BCUT2D eigenvalue weighted by molar-refractivity contribution is -0.143. The van der Waals surface area contributed by atoms with E-state index in [4.69, 9.17) is 20.6 Å². The number of fused-ring (bicyclic) bond motifs is 1. The average Bonchev–Trinajstić information content (AvgIpc) is 3.46. The highest BCUT2D eigenvalue weighted by Gasteiger charge is 2.24. The minimum Gasteiger partial charge on any atom is -0.502 e. The van der Waals surface area contributed by atoms with Crippen molar-refractivity contribution in [3.63, 3.8) is 0 Å². The summed E-state index contributed by atoms with van der Waals surface area (Å²) >= 11 is 0. The maximum atomic E-state index is 11.6. The first-order valence-corrected chi connectivity index (χ1v) is 11.5. The lowest BCUT2D eigenvalue weighted by Gasteiger charge is -2.14. The van der Waals surface area contributed by atoms with Crippen LogP contribution in [0.3, 0.4) is 0 Å². The molecule has 1 aromatic heterocycles. The van der Waals surface area contributed by atoms with E-state index >= 15 is 0 Å². The van der Waals surface area contributed by atoms with Crippen LogP contribution in [-0.4, -0.2) is 40.3 Å². The van der Waals surface area contributed by atoms with Gasteiger partial charge in [-0.3, -0.25) is 9.69 Å². The number of ether oxygens (including phenoxy) is 2. The van der Waals surface area contributed by atoms with Gasteiger partial charge in [0.15, 0.2) is 0 Å². The number of esters is 1. The van der Waals surface area contributed by atoms with Gasteiger partial charge in [0.05, 0.1) is 19.3 Å². The van der Waals surface area contributed by atoms with Gasteiger partial charge in [-0.15, -0.1) is 0 Å². The molecule has 2 aromatic carbocycles. The molecule has 0 spiro atoms. The first kappa shape index (κ1) is 23.5. The quantitative estimate of drug-likeness (QED) is 0.312. The van der Waals surface area contributed by atoms with E-state index in [1.54, 1.807) is 12.1 Å². The Morgan fingerprint density at radius 2 is 2.12 bits per heavy atom. The molecular weight excluding hydrogens is 432 g/mol. The van der Waals surface area contributed by atoms with Crippen LogP contribution < -0.4 is 4.74 Å². The molecular formula is C26H28N4O4. The summed E-state index contributed by atoms with van der Waals surface area (Å²) in [4.78, 5) is 22.1. The monoisotopic (exact) mass is 460 g/mol. The molecule has 0 aliphatic carbocycles. The van der Waals surface area contributed by atoms with Gasteiger partial charge in [-0.1, -0.05) is 23.4 Å². The van der Waals surface area contributed by atoms with Crippen LogP contribution in [-0.2, 0) is 22.6 Å². The average molecular weight is 461 g/mol. The Morgan fingerprint density at radius 1 is 1.26 bits per heavy atom. The molecule has 3 aromatic rings. The first-order chi connectivity index (χ1) is 16.5. The van der Waals surface area contributed by atoms with Crippen LogP contribution in [0.4, 0.5) is 5.69 Å². The molecule has 176 valence electrons. The van der Waals surface area contributed by atoms with E-state index in [1.165, 1.54) is 11.1 Å². The van der Waals surface area contributed by atoms with Crippen molar-refractivity contribution in [2.24, 2.45) is 0 Å². The molecule has 0 unspecified atom stereocenters. The fraction of sp³-hybridized carbons (Fsp3) is 0.385. The summed E-state index contributed by atoms with van der Waals surface area (Å²) in [5, 5.41) is 4.22. The maximum absolute atomic E-state index is 11.6. The van der Waals surface area contributed by atoms with Crippen molar-refractivity contribution in [3.05, 3.63) is 58.9 Å². The highest BCUT2D eigenvalue weighted by molar-refractivity contribution is 5.70. The number of aromatic nitrogens is 2. The van der Waals surface area contributed by atoms with Crippen LogP contribution in [0.25, 0.3) is 27.7 Å². The van der Waals surface area contributed by atoms with E-state index < -0.39 is 0 Å². The molecule has 8 nitrogen and oxygen atoms in total. The van der Waals surface area contributed by atoms with Gasteiger partial charge < -0.3 is 14.0 Å².